The monoisotopic (exact) mass is 264 g/mol. The number of aryl methyl sites for hydroxylation is 1. The van der Waals surface area contributed by atoms with E-state index in [-0.39, 0.29) is 0 Å². The molecular weight excluding hydrogens is 252 g/mol. The van der Waals surface area contributed by atoms with Crippen molar-refractivity contribution < 1.29 is 0 Å². The lowest BCUT2D eigenvalue weighted by molar-refractivity contribution is 0.604. The molecule has 0 aliphatic heterocycles. The molecular formula is C12H13BrN2. The van der Waals surface area contributed by atoms with Gasteiger partial charge in [0.15, 0.2) is 0 Å². The minimum absolute atomic E-state index is 0.983. The summed E-state index contributed by atoms with van der Waals surface area (Å²) in [5.74, 6) is 0. The van der Waals surface area contributed by atoms with Gasteiger partial charge in [-0.15, -0.1) is 0 Å². The van der Waals surface area contributed by atoms with Crippen LogP contribution in [-0.4, -0.2) is 9.78 Å². The topological polar surface area (TPSA) is 17.8 Å². The largest absolute Gasteiger partial charge is 0.272 e. The Balaban J connectivity index is 2.25. The van der Waals surface area contributed by atoms with Crippen LogP contribution >= 0.6 is 15.9 Å². The first-order chi connectivity index (χ1) is 7.29. The van der Waals surface area contributed by atoms with Gasteiger partial charge >= 0.3 is 0 Å². The molecule has 3 heteroatoms. The van der Waals surface area contributed by atoms with Crippen LogP contribution in [0, 0.1) is 0 Å². The van der Waals surface area contributed by atoms with E-state index in [1.165, 1.54) is 0 Å². The molecule has 0 fully saturated rings. The van der Waals surface area contributed by atoms with Crippen molar-refractivity contribution in [3.05, 3.63) is 41.0 Å². The Kier molecular flexibility index (Phi) is 3.21. The quantitative estimate of drug-likeness (QED) is 0.826. The predicted molar refractivity (Wildman–Crippen MR) is 65.7 cm³/mol. The van der Waals surface area contributed by atoms with Crippen molar-refractivity contribution in [3.8, 4) is 11.3 Å². The van der Waals surface area contributed by atoms with Gasteiger partial charge in [-0.1, -0.05) is 35.0 Å². The first-order valence-electron chi connectivity index (χ1n) is 5.09. The van der Waals surface area contributed by atoms with Gasteiger partial charge in [-0.25, -0.2) is 0 Å². The summed E-state index contributed by atoms with van der Waals surface area (Å²) in [4.78, 5) is 0. The summed E-state index contributed by atoms with van der Waals surface area (Å²) in [5, 5.41) is 4.50. The summed E-state index contributed by atoms with van der Waals surface area (Å²) in [6.45, 7) is 3.14. The average molecular weight is 265 g/mol. The fourth-order valence-corrected chi connectivity index (χ4v) is 1.75. The van der Waals surface area contributed by atoms with E-state index in [2.05, 4.69) is 46.2 Å². The molecule has 0 aliphatic carbocycles. The Morgan fingerprint density at radius 3 is 2.60 bits per heavy atom. The van der Waals surface area contributed by atoms with E-state index in [0.717, 1.165) is 28.7 Å². The summed E-state index contributed by atoms with van der Waals surface area (Å²) >= 11 is 3.42. The highest BCUT2D eigenvalue weighted by molar-refractivity contribution is 9.10. The summed E-state index contributed by atoms with van der Waals surface area (Å²) in [6.07, 6.45) is 3.14. The van der Waals surface area contributed by atoms with Gasteiger partial charge in [-0.3, -0.25) is 4.68 Å². The molecule has 0 spiro atoms. The third-order valence-electron chi connectivity index (χ3n) is 2.23. The van der Waals surface area contributed by atoms with Gasteiger partial charge in [-0.2, -0.15) is 5.10 Å². The van der Waals surface area contributed by atoms with E-state index in [0.29, 0.717) is 0 Å². The standard InChI is InChI=1S/C12H13BrN2/c1-2-8-15-9-7-12(14-15)10-3-5-11(13)6-4-10/h3-7,9H,2,8H2,1H3. The number of aromatic nitrogens is 2. The maximum absolute atomic E-state index is 4.50. The molecule has 1 heterocycles. The van der Waals surface area contributed by atoms with Crippen molar-refractivity contribution >= 4 is 15.9 Å². The van der Waals surface area contributed by atoms with E-state index in [1.54, 1.807) is 0 Å². The van der Waals surface area contributed by atoms with Crippen LogP contribution in [0.15, 0.2) is 41.0 Å². The highest BCUT2D eigenvalue weighted by atomic mass is 79.9. The number of hydrogen-bond donors (Lipinski definition) is 0. The van der Waals surface area contributed by atoms with Crippen molar-refractivity contribution in [1.82, 2.24) is 9.78 Å². The SMILES string of the molecule is CCCn1ccc(-c2ccc(Br)cc2)n1. The normalized spacial score (nSPS) is 10.5. The molecule has 15 heavy (non-hydrogen) atoms. The molecule has 0 N–H and O–H groups in total. The average Bonchev–Trinajstić information content (AvgIpc) is 2.68. The molecule has 0 aliphatic rings. The second kappa shape index (κ2) is 4.62. The van der Waals surface area contributed by atoms with Gasteiger partial charge in [0, 0.05) is 22.8 Å². The second-order valence-electron chi connectivity index (χ2n) is 3.47. The number of halogens is 1. The third-order valence-corrected chi connectivity index (χ3v) is 2.76. The Morgan fingerprint density at radius 2 is 1.93 bits per heavy atom. The zero-order chi connectivity index (χ0) is 10.7. The highest BCUT2D eigenvalue weighted by Crippen LogP contribution is 2.19. The van der Waals surface area contributed by atoms with Crippen molar-refractivity contribution in [1.29, 1.82) is 0 Å². The summed E-state index contributed by atoms with van der Waals surface area (Å²) in [7, 11) is 0. The number of hydrogen-bond acceptors (Lipinski definition) is 1. The van der Waals surface area contributed by atoms with Crippen molar-refractivity contribution in [2.75, 3.05) is 0 Å². The molecule has 0 bridgehead atoms. The lowest BCUT2D eigenvalue weighted by atomic mass is 10.2. The number of benzene rings is 1. The predicted octanol–water partition coefficient (Wildman–Crippen LogP) is 3.72. The summed E-state index contributed by atoms with van der Waals surface area (Å²) in [5.41, 5.74) is 2.20. The van der Waals surface area contributed by atoms with Gasteiger partial charge in [0.25, 0.3) is 0 Å². The van der Waals surface area contributed by atoms with Gasteiger partial charge in [0.2, 0.25) is 0 Å². The van der Waals surface area contributed by atoms with Crippen molar-refractivity contribution in [2.24, 2.45) is 0 Å². The van der Waals surface area contributed by atoms with Crippen LogP contribution < -0.4 is 0 Å². The van der Waals surface area contributed by atoms with E-state index in [1.807, 2.05) is 23.0 Å². The molecule has 2 rings (SSSR count). The molecule has 78 valence electrons. The van der Waals surface area contributed by atoms with E-state index in [4.69, 9.17) is 0 Å². The Labute approximate surface area is 98.1 Å². The van der Waals surface area contributed by atoms with Crippen LogP contribution in [-0.2, 0) is 6.54 Å². The molecule has 0 saturated heterocycles. The highest BCUT2D eigenvalue weighted by Gasteiger charge is 2.01. The minimum Gasteiger partial charge on any atom is -0.272 e. The first-order valence-corrected chi connectivity index (χ1v) is 5.88. The minimum atomic E-state index is 0.983. The van der Waals surface area contributed by atoms with Gasteiger partial charge < -0.3 is 0 Å². The van der Waals surface area contributed by atoms with E-state index in [9.17, 15) is 0 Å². The lowest BCUT2D eigenvalue weighted by Gasteiger charge is -1.98. The smallest absolute Gasteiger partial charge is 0.0923 e. The van der Waals surface area contributed by atoms with Crippen LogP contribution in [0.2, 0.25) is 0 Å². The molecule has 0 atom stereocenters. The van der Waals surface area contributed by atoms with Gasteiger partial charge in [0.1, 0.15) is 0 Å². The fourth-order valence-electron chi connectivity index (χ4n) is 1.49. The molecule has 0 unspecified atom stereocenters. The van der Waals surface area contributed by atoms with Crippen molar-refractivity contribution in [3.63, 3.8) is 0 Å². The second-order valence-corrected chi connectivity index (χ2v) is 4.39. The molecule has 0 amide bonds. The Hall–Kier alpha value is -1.09. The van der Waals surface area contributed by atoms with Crippen LogP contribution in [0.3, 0.4) is 0 Å². The van der Waals surface area contributed by atoms with E-state index >= 15 is 0 Å². The van der Waals surface area contributed by atoms with Crippen LogP contribution in [0.5, 0.6) is 0 Å². The van der Waals surface area contributed by atoms with Gasteiger partial charge in [-0.05, 0) is 24.6 Å². The van der Waals surface area contributed by atoms with Crippen molar-refractivity contribution in [2.45, 2.75) is 19.9 Å². The molecule has 1 aromatic heterocycles. The van der Waals surface area contributed by atoms with Crippen LogP contribution in [0.4, 0.5) is 0 Å². The van der Waals surface area contributed by atoms with Gasteiger partial charge in [0.05, 0.1) is 5.69 Å². The number of rotatable bonds is 3. The molecule has 0 radical (unpaired) electrons. The third kappa shape index (κ3) is 2.48. The lowest BCUT2D eigenvalue weighted by Crippen LogP contribution is -1.96. The van der Waals surface area contributed by atoms with Crippen LogP contribution in [0.1, 0.15) is 13.3 Å². The Morgan fingerprint density at radius 1 is 1.20 bits per heavy atom. The molecule has 0 saturated carbocycles. The fraction of sp³-hybridized carbons (Fsp3) is 0.250. The molecule has 1 aromatic carbocycles. The number of nitrogens with zero attached hydrogens (tertiary/aromatic N) is 2. The van der Waals surface area contributed by atoms with E-state index < -0.39 is 0 Å². The maximum Gasteiger partial charge on any atom is 0.0923 e. The first kappa shape index (κ1) is 10.4. The molecule has 2 nitrogen and oxygen atoms in total. The van der Waals surface area contributed by atoms with Crippen LogP contribution in [0.25, 0.3) is 11.3 Å². The zero-order valence-electron chi connectivity index (χ0n) is 8.65. The Bertz CT molecular complexity index is 431. The summed E-state index contributed by atoms with van der Waals surface area (Å²) < 4.78 is 3.08. The maximum atomic E-state index is 4.50. The zero-order valence-corrected chi connectivity index (χ0v) is 10.2. The summed E-state index contributed by atoms with van der Waals surface area (Å²) in [6, 6.07) is 10.3. The molecule has 2 aromatic rings.